The number of hydrogen-bond donors (Lipinski definition) is 0. The third kappa shape index (κ3) is 3.53. The zero-order valence-corrected chi connectivity index (χ0v) is 16.4. The molecule has 1 aliphatic heterocycles. The molecule has 0 atom stereocenters. The Morgan fingerprint density at radius 3 is 2.67 bits per heavy atom. The van der Waals surface area contributed by atoms with Crippen molar-refractivity contribution in [1.82, 2.24) is 24.5 Å². The molecule has 0 radical (unpaired) electrons. The van der Waals surface area contributed by atoms with Gasteiger partial charge in [0.2, 0.25) is 5.91 Å². The van der Waals surface area contributed by atoms with Crippen molar-refractivity contribution in [3.05, 3.63) is 52.4 Å². The van der Waals surface area contributed by atoms with E-state index in [4.69, 9.17) is 11.6 Å². The average molecular weight is 443 g/mol. The van der Waals surface area contributed by atoms with Gasteiger partial charge in [0.05, 0.1) is 34.5 Å². The highest BCUT2D eigenvalue weighted by atomic mass is 35.5. The summed E-state index contributed by atoms with van der Waals surface area (Å²) in [6.07, 6.45) is -0.919. The molecule has 0 spiro atoms. The number of alkyl halides is 3. The van der Waals surface area contributed by atoms with Crippen LogP contribution in [0.4, 0.5) is 23.2 Å². The molecule has 3 aromatic heterocycles. The molecule has 158 valence electrons. The van der Waals surface area contributed by atoms with Crippen LogP contribution in [0, 0.1) is 12.7 Å². The van der Waals surface area contributed by atoms with Crippen LogP contribution in [0.1, 0.15) is 23.5 Å². The zero-order valence-electron chi connectivity index (χ0n) is 15.6. The summed E-state index contributed by atoms with van der Waals surface area (Å²) in [5.41, 5.74) is 0.0778. The largest absolute Gasteiger partial charge is 0.436 e. The lowest BCUT2D eigenvalue weighted by Crippen LogP contribution is -2.38. The monoisotopic (exact) mass is 442 g/mol. The number of aromatic nitrogens is 5. The van der Waals surface area contributed by atoms with Crippen molar-refractivity contribution in [3.8, 4) is 5.82 Å². The highest BCUT2D eigenvalue weighted by Gasteiger charge is 2.38. The number of anilines is 1. The van der Waals surface area contributed by atoms with Gasteiger partial charge >= 0.3 is 6.18 Å². The first-order chi connectivity index (χ1) is 14.2. The second-order valence-electron chi connectivity index (χ2n) is 6.78. The number of rotatable bonds is 3. The van der Waals surface area contributed by atoms with Gasteiger partial charge in [-0.2, -0.15) is 23.4 Å². The fourth-order valence-corrected chi connectivity index (χ4v) is 3.61. The topological polar surface area (TPSA) is 68.8 Å². The fourth-order valence-electron chi connectivity index (χ4n) is 3.37. The number of nitrogens with zero attached hydrogens (tertiary/aromatic N) is 6. The molecule has 4 rings (SSSR count). The van der Waals surface area contributed by atoms with E-state index >= 15 is 0 Å². The highest BCUT2D eigenvalue weighted by Crippen LogP contribution is 2.35. The minimum atomic E-state index is -4.71. The first-order valence-electron chi connectivity index (χ1n) is 8.96. The van der Waals surface area contributed by atoms with Crippen molar-refractivity contribution >= 4 is 23.2 Å². The van der Waals surface area contributed by atoms with Gasteiger partial charge in [0, 0.05) is 6.54 Å². The van der Waals surface area contributed by atoms with Crippen LogP contribution in [0.5, 0.6) is 0 Å². The molecule has 0 aliphatic carbocycles. The Bertz CT molecular complexity index is 1110. The molecular formula is C18H15ClF4N6O. The van der Waals surface area contributed by atoms with Gasteiger partial charge in [-0.3, -0.25) is 9.48 Å². The predicted octanol–water partition coefficient (Wildman–Crippen LogP) is 3.56. The van der Waals surface area contributed by atoms with Crippen LogP contribution < -0.4 is 4.90 Å². The maximum absolute atomic E-state index is 13.1. The first-order valence-corrected chi connectivity index (χ1v) is 9.34. The van der Waals surface area contributed by atoms with E-state index in [0.717, 1.165) is 10.9 Å². The third-order valence-electron chi connectivity index (χ3n) is 4.85. The molecule has 0 bridgehead atoms. The average Bonchev–Trinajstić information content (AvgIpc) is 3.25. The van der Waals surface area contributed by atoms with Gasteiger partial charge in [-0.05, 0) is 31.9 Å². The summed E-state index contributed by atoms with van der Waals surface area (Å²) in [4.78, 5) is 18.3. The summed E-state index contributed by atoms with van der Waals surface area (Å²) in [5, 5.41) is 7.21. The van der Waals surface area contributed by atoms with E-state index in [1.807, 2.05) is 0 Å². The molecule has 0 fully saturated rings. The van der Waals surface area contributed by atoms with Gasteiger partial charge in [0.1, 0.15) is 12.4 Å². The molecule has 1 aliphatic rings. The molecule has 0 unspecified atom stereocenters. The van der Waals surface area contributed by atoms with Crippen LogP contribution in [0.15, 0.2) is 24.5 Å². The molecule has 0 saturated carbocycles. The molecule has 0 saturated heterocycles. The quantitative estimate of drug-likeness (QED) is 0.582. The van der Waals surface area contributed by atoms with Crippen molar-refractivity contribution in [3.63, 3.8) is 0 Å². The van der Waals surface area contributed by atoms with Crippen molar-refractivity contribution in [2.45, 2.75) is 32.5 Å². The van der Waals surface area contributed by atoms with Crippen LogP contribution in [-0.4, -0.2) is 37.0 Å². The fraction of sp³-hybridized carbons (Fsp3) is 0.333. The van der Waals surface area contributed by atoms with E-state index in [9.17, 15) is 22.4 Å². The van der Waals surface area contributed by atoms with Crippen LogP contribution in [0.3, 0.4) is 0 Å². The summed E-state index contributed by atoms with van der Waals surface area (Å²) in [5.74, 6) is -0.530. The lowest BCUT2D eigenvalue weighted by molar-refractivity contribution is -0.141. The number of carbonyl (C=O) groups excluding carboxylic acids is 1. The molecule has 4 heterocycles. The van der Waals surface area contributed by atoms with Crippen molar-refractivity contribution in [2.24, 2.45) is 0 Å². The SMILES string of the molecule is Cc1c(Cl)c(C(F)(F)F)nn1CC(=O)N1CCCc2c1cnn2-c1ccc(F)cn1. The van der Waals surface area contributed by atoms with Gasteiger partial charge in [-0.1, -0.05) is 11.6 Å². The Morgan fingerprint density at radius 2 is 2.03 bits per heavy atom. The molecule has 3 aromatic rings. The van der Waals surface area contributed by atoms with E-state index in [-0.39, 0.29) is 5.69 Å². The third-order valence-corrected chi connectivity index (χ3v) is 5.30. The van der Waals surface area contributed by atoms with Crippen LogP contribution in [0.25, 0.3) is 5.82 Å². The second-order valence-corrected chi connectivity index (χ2v) is 7.15. The van der Waals surface area contributed by atoms with Gasteiger partial charge in [-0.15, -0.1) is 0 Å². The number of amides is 1. The zero-order chi connectivity index (χ0) is 21.6. The van der Waals surface area contributed by atoms with Crippen LogP contribution >= 0.6 is 11.6 Å². The molecule has 7 nitrogen and oxygen atoms in total. The lowest BCUT2D eigenvalue weighted by Gasteiger charge is -2.27. The summed E-state index contributed by atoms with van der Waals surface area (Å²) in [6, 6.07) is 2.72. The summed E-state index contributed by atoms with van der Waals surface area (Å²) in [7, 11) is 0. The predicted molar refractivity (Wildman–Crippen MR) is 99.0 cm³/mol. The number of fused-ring (bicyclic) bond motifs is 1. The van der Waals surface area contributed by atoms with Gasteiger partial charge < -0.3 is 4.90 Å². The molecule has 0 aromatic carbocycles. The lowest BCUT2D eigenvalue weighted by atomic mass is 10.1. The van der Waals surface area contributed by atoms with Crippen molar-refractivity contribution in [1.29, 1.82) is 0 Å². The van der Waals surface area contributed by atoms with E-state index in [2.05, 4.69) is 15.2 Å². The molecule has 12 heteroatoms. The standard InChI is InChI=1S/C18H15ClF4N6O/c1-10-16(19)17(18(21,22)23)26-28(10)9-15(30)27-6-2-3-12-13(27)8-25-29(12)14-5-4-11(20)7-24-14/h4-5,7-8H,2-3,6,9H2,1H3. The van der Waals surface area contributed by atoms with Crippen LogP contribution in [-0.2, 0) is 23.9 Å². The Hall–Kier alpha value is -2.95. The second kappa shape index (κ2) is 7.38. The summed E-state index contributed by atoms with van der Waals surface area (Å²) in [6.45, 7) is 1.35. The van der Waals surface area contributed by atoms with Crippen molar-refractivity contribution in [2.75, 3.05) is 11.4 Å². The first kappa shape index (κ1) is 20.3. The highest BCUT2D eigenvalue weighted by molar-refractivity contribution is 6.32. The summed E-state index contributed by atoms with van der Waals surface area (Å²) < 4.78 is 54.7. The summed E-state index contributed by atoms with van der Waals surface area (Å²) >= 11 is 5.76. The Morgan fingerprint density at radius 1 is 1.27 bits per heavy atom. The molecule has 1 amide bonds. The minimum absolute atomic E-state index is 0.0563. The molecule has 0 N–H and O–H groups in total. The normalized spacial score (nSPS) is 14.1. The smallest absolute Gasteiger partial charge is 0.308 e. The van der Waals surface area contributed by atoms with Crippen molar-refractivity contribution < 1.29 is 22.4 Å². The van der Waals surface area contributed by atoms with Gasteiger partial charge in [0.15, 0.2) is 11.5 Å². The number of carbonyl (C=O) groups is 1. The number of pyridine rings is 1. The maximum Gasteiger partial charge on any atom is 0.436 e. The number of hydrogen-bond acceptors (Lipinski definition) is 4. The van der Waals surface area contributed by atoms with E-state index in [1.54, 1.807) is 0 Å². The van der Waals surface area contributed by atoms with E-state index in [1.165, 1.54) is 34.8 Å². The number of halogens is 5. The van der Waals surface area contributed by atoms with E-state index < -0.39 is 35.2 Å². The van der Waals surface area contributed by atoms with Crippen LogP contribution in [0.2, 0.25) is 5.02 Å². The Labute approximate surface area is 172 Å². The van der Waals surface area contributed by atoms with E-state index in [0.29, 0.717) is 36.6 Å². The molecule has 30 heavy (non-hydrogen) atoms. The molecular weight excluding hydrogens is 428 g/mol. The Kier molecular flexibility index (Phi) is 5.00. The minimum Gasteiger partial charge on any atom is -0.308 e. The van der Waals surface area contributed by atoms with Gasteiger partial charge in [0.25, 0.3) is 0 Å². The maximum atomic E-state index is 13.1. The Balaban J connectivity index is 1.62. The van der Waals surface area contributed by atoms with Gasteiger partial charge in [-0.25, -0.2) is 14.1 Å².